The molecule has 230 valence electrons. The average molecular weight is 599 g/mol. The third kappa shape index (κ3) is 8.27. The van der Waals surface area contributed by atoms with Crippen LogP contribution < -0.4 is 4.74 Å². The molecule has 0 aliphatic heterocycles. The molecular formula is C33H37F7O2. The van der Waals surface area contributed by atoms with Crippen LogP contribution in [0.4, 0.5) is 30.7 Å². The number of rotatable bonds is 13. The van der Waals surface area contributed by atoms with Gasteiger partial charge in [-0.25, -0.2) is 4.74 Å². The van der Waals surface area contributed by atoms with Crippen LogP contribution in [0.15, 0.2) is 62.2 Å². The zero-order valence-corrected chi connectivity index (χ0v) is 23.9. The van der Waals surface area contributed by atoms with Crippen LogP contribution in [0.3, 0.4) is 0 Å². The summed E-state index contributed by atoms with van der Waals surface area (Å²) in [7, 11) is 0. The van der Waals surface area contributed by atoms with E-state index < -0.39 is 30.1 Å². The van der Waals surface area contributed by atoms with Crippen LogP contribution in [0.2, 0.25) is 0 Å². The van der Waals surface area contributed by atoms with E-state index in [0.29, 0.717) is 35.4 Å². The highest BCUT2D eigenvalue weighted by atomic mass is 19.4. The van der Waals surface area contributed by atoms with Gasteiger partial charge in [-0.1, -0.05) is 56.2 Å². The summed E-state index contributed by atoms with van der Waals surface area (Å²) < 4.78 is 107. The maximum absolute atomic E-state index is 15.2. The Bertz CT molecular complexity index is 1270. The van der Waals surface area contributed by atoms with Gasteiger partial charge in [-0.15, -0.1) is 26.3 Å². The maximum atomic E-state index is 15.2. The molecule has 42 heavy (non-hydrogen) atoms. The summed E-state index contributed by atoms with van der Waals surface area (Å²) in [6.07, 6.45) is -6.51. The van der Waals surface area contributed by atoms with E-state index in [1.165, 1.54) is 43.3 Å². The molecule has 0 unspecified atom stereocenters. The number of hydrogen-bond acceptors (Lipinski definition) is 2. The van der Waals surface area contributed by atoms with Gasteiger partial charge in [0.1, 0.15) is 5.75 Å². The van der Waals surface area contributed by atoms with Crippen molar-refractivity contribution in [1.29, 1.82) is 0 Å². The monoisotopic (exact) mass is 598 g/mol. The van der Waals surface area contributed by atoms with E-state index in [2.05, 4.69) is 31.4 Å². The van der Waals surface area contributed by atoms with E-state index in [1.54, 1.807) is 6.08 Å². The molecule has 1 fully saturated rings. The second-order valence-electron chi connectivity index (χ2n) is 10.9. The smallest absolute Gasteiger partial charge is 0.432 e. The third-order valence-electron chi connectivity index (χ3n) is 7.60. The predicted molar refractivity (Wildman–Crippen MR) is 151 cm³/mol. The number of benzene rings is 2. The summed E-state index contributed by atoms with van der Waals surface area (Å²) in [4.78, 5) is 0. The predicted octanol–water partition coefficient (Wildman–Crippen LogP) is 11.0. The molecule has 0 heterocycles. The van der Waals surface area contributed by atoms with Crippen LogP contribution in [0.1, 0.15) is 74.6 Å². The summed E-state index contributed by atoms with van der Waals surface area (Å²) >= 11 is 0. The Kier molecular flexibility index (Phi) is 10.7. The Morgan fingerprint density at radius 3 is 2.07 bits per heavy atom. The molecule has 0 radical (unpaired) electrons. The molecule has 0 saturated heterocycles. The lowest BCUT2D eigenvalue weighted by Crippen LogP contribution is -2.37. The molecule has 3 rings (SSSR count). The number of allylic oxidation sites excluding steroid dienone is 3. The Hall–Kier alpha value is -3.07. The van der Waals surface area contributed by atoms with Crippen LogP contribution in [0.25, 0.3) is 16.7 Å². The quantitative estimate of drug-likeness (QED) is 0.169. The minimum atomic E-state index is -5.59. The van der Waals surface area contributed by atoms with E-state index in [1.807, 2.05) is 0 Å². The zero-order valence-electron chi connectivity index (χ0n) is 23.9. The van der Waals surface area contributed by atoms with E-state index in [-0.39, 0.29) is 35.3 Å². The highest BCUT2D eigenvalue weighted by Gasteiger charge is 2.48. The Morgan fingerprint density at radius 2 is 1.52 bits per heavy atom. The topological polar surface area (TPSA) is 18.5 Å². The minimum Gasteiger partial charge on any atom is -0.432 e. The first-order valence-corrected chi connectivity index (χ1v) is 14.0. The van der Waals surface area contributed by atoms with Crippen molar-refractivity contribution in [3.8, 4) is 16.9 Å². The van der Waals surface area contributed by atoms with Crippen molar-refractivity contribution < 1.29 is 40.2 Å². The van der Waals surface area contributed by atoms with E-state index in [4.69, 9.17) is 4.74 Å². The van der Waals surface area contributed by atoms with Gasteiger partial charge in [0.15, 0.2) is 0 Å². The molecule has 2 aromatic carbocycles. The van der Waals surface area contributed by atoms with E-state index in [0.717, 1.165) is 25.7 Å². The molecule has 0 atom stereocenters. The lowest BCUT2D eigenvalue weighted by Gasteiger charge is -2.33. The van der Waals surface area contributed by atoms with Crippen LogP contribution in [0, 0.1) is 11.8 Å². The summed E-state index contributed by atoms with van der Waals surface area (Å²) in [5.74, 6) is -0.493. The fourth-order valence-electron chi connectivity index (χ4n) is 5.73. The van der Waals surface area contributed by atoms with Crippen molar-refractivity contribution in [2.75, 3.05) is 0 Å². The summed E-state index contributed by atoms with van der Waals surface area (Å²) in [6.45, 7) is 14.4. The highest BCUT2D eigenvalue weighted by molar-refractivity contribution is 5.77. The molecule has 0 N–H and O–H groups in total. The number of hydrogen-bond donors (Lipinski definition) is 0. The normalized spacial score (nSPS) is 18.0. The fraction of sp³-hybridized carbons (Fsp3) is 0.455. The molecule has 1 saturated carbocycles. The van der Waals surface area contributed by atoms with Gasteiger partial charge in [0.2, 0.25) is 0 Å². The number of ether oxygens (including phenoxy) is 2. The molecule has 1 aliphatic carbocycles. The molecule has 0 aromatic heterocycles. The number of halogens is 7. The SMILES string of the molecule is C=CCc1cc(OC(F)(F)C2CCC(CCC)CC2)ccc1-c1cc(CC=C)c(C(F)(F)OC(F)(F)F)c(C(=C)C)c1. The minimum absolute atomic E-state index is 0.0514. The first kappa shape index (κ1) is 33.4. The van der Waals surface area contributed by atoms with Gasteiger partial charge in [-0.05, 0) is 97.4 Å². The average Bonchev–Trinajstić information content (AvgIpc) is 2.87. The second-order valence-corrected chi connectivity index (χ2v) is 10.9. The van der Waals surface area contributed by atoms with Crippen molar-refractivity contribution in [3.05, 3.63) is 84.5 Å². The van der Waals surface area contributed by atoms with Crippen LogP contribution >= 0.6 is 0 Å². The summed E-state index contributed by atoms with van der Waals surface area (Å²) in [6, 6.07) is 6.98. The lowest BCUT2D eigenvalue weighted by molar-refractivity contribution is -0.431. The standard InChI is InChI=1S/C33H37F7O2/c1-6-9-22-12-14-26(15-13-22)31(34,35)41-27-16-17-28(23(19-27)10-7-2)25-18-24(11-8-3)30(29(20-25)21(4)5)32(36,37)42-33(38,39)40/h7-8,16-20,22,26H,2-4,6,9-15H2,1,5H3. The van der Waals surface area contributed by atoms with E-state index >= 15 is 8.78 Å². The molecule has 0 bridgehead atoms. The van der Waals surface area contributed by atoms with Gasteiger partial charge in [0.05, 0.1) is 11.5 Å². The van der Waals surface area contributed by atoms with Crippen molar-refractivity contribution >= 4 is 5.57 Å². The molecule has 0 spiro atoms. The third-order valence-corrected chi connectivity index (χ3v) is 7.60. The molecule has 2 aromatic rings. The van der Waals surface area contributed by atoms with Crippen LogP contribution in [0.5, 0.6) is 5.75 Å². The lowest BCUT2D eigenvalue weighted by atomic mass is 9.79. The Balaban J connectivity index is 2.03. The fourth-order valence-corrected chi connectivity index (χ4v) is 5.73. The van der Waals surface area contributed by atoms with Gasteiger partial charge < -0.3 is 4.74 Å². The van der Waals surface area contributed by atoms with Crippen molar-refractivity contribution in [3.63, 3.8) is 0 Å². The first-order valence-electron chi connectivity index (χ1n) is 14.0. The molecule has 9 heteroatoms. The molecule has 0 amide bonds. The van der Waals surface area contributed by atoms with Gasteiger partial charge in [0, 0.05) is 0 Å². The van der Waals surface area contributed by atoms with Gasteiger partial charge in [-0.2, -0.15) is 17.6 Å². The first-order chi connectivity index (χ1) is 19.6. The Labute approximate surface area is 242 Å². The molecule has 2 nitrogen and oxygen atoms in total. The van der Waals surface area contributed by atoms with Gasteiger partial charge >= 0.3 is 18.6 Å². The highest BCUT2D eigenvalue weighted by Crippen LogP contribution is 2.45. The maximum Gasteiger partial charge on any atom is 0.527 e. The zero-order chi connectivity index (χ0) is 31.3. The van der Waals surface area contributed by atoms with E-state index in [9.17, 15) is 22.0 Å². The number of alkyl halides is 7. The summed E-state index contributed by atoms with van der Waals surface area (Å²) in [5, 5.41) is 0. The Morgan fingerprint density at radius 1 is 0.905 bits per heavy atom. The van der Waals surface area contributed by atoms with Gasteiger partial charge in [-0.3, -0.25) is 0 Å². The molecule has 1 aliphatic rings. The van der Waals surface area contributed by atoms with Crippen LogP contribution in [-0.2, 0) is 23.7 Å². The molecular weight excluding hydrogens is 561 g/mol. The van der Waals surface area contributed by atoms with Crippen molar-refractivity contribution in [2.45, 2.75) is 83.8 Å². The largest absolute Gasteiger partial charge is 0.527 e. The summed E-state index contributed by atoms with van der Waals surface area (Å²) in [5.41, 5.74) is 0.133. The second kappa shape index (κ2) is 13.5. The van der Waals surface area contributed by atoms with Crippen molar-refractivity contribution in [1.82, 2.24) is 0 Å². The van der Waals surface area contributed by atoms with Gasteiger partial charge in [0.25, 0.3) is 0 Å². The van der Waals surface area contributed by atoms with Crippen molar-refractivity contribution in [2.24, 2.45) is 11.8 Å². The van der Waals surface area contributed by atoms with Crippen LogP contribution in [-0.4, -0.2) is 12.5 Å².